The molecule has 1 heterocycles. The van der Waals surface area contributed by atoms with E-state index in [1.54, 1.807) is 0 Å². The normalized spacial score (nSPS) is 16.3. The molecule has 8 heteroatoms. The molecule has 178 valence electrons. The third kappa shape index (κ3) is 5.50. The molecule has 1 aliphatic rings. The summed E-state index contributed by atoms with van der Waals surface area (Å²) in [6.07, 6.45) is 0.0330. The summed E-state index contributed by atoms with van der Waals surface area (Å²) < 4.78 is 18.0. The number of amides is 2. The van der Waals surface area contributed by atoms with Crippen LogP contribution in [0, 0.1) is 5.82 Å². The molecule has 1 saturated heterocycles. The van der Waals surface area contributed by atoms with Gasteiger partial charge in [0.15, 0.2) is 12.4 Å². The molecule has 1 aliphatic heterocycles. The Balaban J connectivity index is 1.36. The van der Waals surface area contributed by atoms with E-state index in [-0.39, 0.29) is 35.4 Å². The van der Waals surface area contributed by atoms with Crippen LogP contribution in [0.15, 0.2) is 78.9 Å². The lowest BCUT2D eigenvalue weighted by atomic mass is 10.1. The minimum absolute atomic E-state index is 0.0330. The number of imide groups is 1. The molecule has 0 saturated carbocycles. The van der Waals surface area contributed by atoms with Crippen molar-refractivity contribution in [1.82, 2.24) is 5.32 Å². The molecule has 0 bridgehead atoms. The number of nitrogens with one attached hydrogen (secondary N) is 1. The molecule has 0 aromatic heterocycles. The minimum Gasteiger partial charge on any atom is -0.454 e. The van der Waals surface area contributed by atoms with Gasteiger partial charge in [0.1, 0.15) is 5.82 Å². The smallest absolute Gasteiger partial charge is 0.338 e. The van der Waals surface area contributed by atoms with Gasteiger partial charge in [-0.05, 0) is 61.0 Å². The van der Waals surface area contributed by atoms with Gasteiger partial charge < -0.3 is 4.74 Å². The van der Waals surface area contributed by atoms with Crippen LogP contribution in [0.1, 0.15) is 45.7 Å². The SMILES string of the molecule is CC(NC1CC(=O)N(c2ccc(C(=O)OCC(=O)c3ccc(F)cc3)cc2)C1=O)c1ccccc1. The number of carbonyl (C=O) groups is 4. The molecule has 2 unspecified atom stereocenters. The largest absolute Gasteiger partial charge is 0.454 e. The summed E-state index contributed by atoms with van der Waals surface area (Å²) in [7, 11) is 0. The lowest BCUT2D eigenvalue weighted by Crippen LogP contribution is -2.40. The third-order valence-electron chi connectivity index (χ3n) is 5.76. The number of hydrogen-bond acceptors (Lipinski definition) is 6. The number of Topliss-reactive ketones (excluding diaryl/α,β-unsaturated/α-hetero) is 1. The molecule has 0 radical (unpaired) electrons. The average Bonchev–Trinajstić information content (AvgIpc) is 3.15. The Labute approximate surface area is 201 Å². The fraction of sp³-hybridized carbons (Fsp3) is 0.185. The Morgan fingerprint density at radius 3 is 2.26 bits per heavy atom. The van der Waals surface area contributed by atoms with Crippen LogP contribution < -0.4 is 10.2 Å². The number of benzene rings is 3. The molecule has 4 rings (SSSR count). The molecule has 1 N–H and O–H groups in total. The molecule has 2 amide bonds. The van der Waals surface area contributed by atoms with E-state index >= 15 is 0 Å². The summed E-state index contributed by atoms with van der Waals surface area (Å²) in [6.45, 7) is 1.43. The number of anilines is 1. The van der Waals surface area contributed by atoms with Gasteiger partial charge in [-0.3, -0.25) is 19.7 Å². The Morgan fingerprint density at radius 2 is 1.60 bits per heavy atom. The lowest BCUT2D eigenvalue weighted by molar-refractivity contribution is -0.121. The van der Waals surface area contributed by atoms with Crippen molar-refractivity contribution in [3.05, 3.63) is 101 Å². The Morgan fingerprint density at radius 1 is 0.971 bits per heavy atom. The van der Waals surface area contributed by atoms with Crippen LogP contribution in [-0.4, -0.2) is 36.2 Å². The average molecular weight is 474 g/mol. The van der Waals surface area contributed by atoms with E-state index in [0.29, 0.717) is 5.69 Å². The van der Waals surface area contributed by atoms with Crippen molar-refractivity contribution in [2.75, 3.05) is 11.5 Å². The second-order valence-corrected chi connectivity index (χ2v) is 8.18. The standard InChI is InChI=1S/C27H23FN2O5/c1-17(18-5-3-2-4-6-18)29-23-15-25(32)30(26(23)33)22-13-9-20(10-14-22)27(34)35-16-24(31)19-7-11-21(28)12-8-19/h2-14,17,23,29H,15-16H2,1H3. The minimum atomic E-state index is -0.734. The number of halogens is 1. The van der Waals surface area contributed by atoms with Crippen molar-refractivity contribution in [2.24, 2.45) is 0 Å². The Kier molecular flexibility index (Phi) is 7.12. The van der Waals surface area contributed by atoms with E-state index in [0.717, 1.165) is 22.6 Å². The third-order valence-corrected chi connectivity index (χ3v) is 5.76. The summed E-state index contributed by atoms with van der Waals surface area (Å²) in [6, 6.07) is 19.6. The fourth-order valence-corrected chi connectivity index (χ4v) is 3.85. The van der Waals surface area contributed by atoms with Gasteiger partial charge >= 0.3 is 5.97 Å². The molecule has 7 nitrogen and oxygen atoms in total. The van der Waals surface area contributed by atoms with Crippen LogP contribution >= 0.6 is 0 Å². The molecule has 0 spiro atoms. The molecule has 2 atom stereocenters. The van der Waals surface area contributed by atoms with Gasteiger partial charge in [-0.25, -0.2) is 14.1 Å². The first-order valence-corrected chi connectivity index (χ1v) is 11.1. The topological polar surface area (TPSA) is 92.8 Å². The van der Waals surface area contributed by atoms with Gasteiger partial charge in [0, 0.05) is 11.6 Å². The zero-order valence-corrected chi connectivity index (χ0v) is 18.9. The maximum Gasteiger partial charge on any atom is 0.338 e. The van der Waals surface area contributed by atoms with Crippen LogP contribution in [0.2, 0.25) is 0 Å². The van der Waals surface area contributed by atoms with Gasteiger partial charge in [-0.1, -0.05) is 30.3 Å². The number of esters is 1. The summed E-state index contributed by atoms with van der Waals surface area (Å²) in [5.41, 5.74) is 1.74. The summed E-state index contributed by atoms with van der Waals surface area (Å²) in [4.78, 5) is 51.0. The van der Waals surface area contributed by atoms with Crippen molar-refractivity contribution in [3.63, 3.8) is 0 Å². The lowest BCUT2D eigenvalue weighted by Gasteiger charge is -2.19. The van der Waals surface area contributed by atoms with Crippen molar-refractivity contribution < 1.29 is 28.3 Å². The number of hydrogen-bond donors (Lipinski definition) is 1. The molecule has 3 aromatic carbocycles. The highest BCUT2D eigenvalue weighted by atomic mass is 19.1. The monoisotopic (exact) mass is 474 g/mol. The van der Waals surface area contributed by atoms with Gasteiger partial charge in [0.2, 0.25) is 5.91 Å². The van der Waals surface area contributed by atoms with Crippen LogP contribution in [-0.2, 0) is 14.3 Å². The van der Waals surface area contributed by atoms with Crippen LogP contribution in [0.4, 0.5) is 10.1 Å². The zero-order valence-electron chi connectivity index (χ0n) is 18.9. The number of rotatable bonds is 8. The fourth-order valence-electron chi connectivity index (χ4n) is 3.85. The van der Waals surface area contributed by atoms with Crippen molar-refractivity contribution in [2.45, 2.75) is 25.4 Å². The van der Waals surface area contributed by atoms with E-state index in [9.17, 15) is 23.6 Å². The summed E-state index contributed by atoms with van der Waals surface area (Å²) in [5, 5.41) is 3.21. The highest BCUT2D eigenvalue weighted by Gasteiger charge is 2.40. The predicted molar refractivity (Wildman–Crippen MR) is 126 cm³/mol. The number of ketones is 1. The highest BCUT2D eigenvalue weighted by Crippen LogP contribution is 2.25. The molecular weight excluding hydrogens is 451 g/mol. The number of nitrogens with zero attached hydrogens (tertiary/aromatic N) is 1. The molecule has 3 aromatic rings. The zero-order chi connectivity index (χ0) is 24.9. The first kappa shape index (κ1) is 24.0. The second-order valence-electron chi connectivity index (χ2n) is 8.18. The maximum absolute atomic E-state index is 13.0. The van der Waals surface area contributed by atoms with Crippen LogP contribution in [0.25, 0.3) is 0 Å². The maximum atomic E-state index is 13.0. The second kappa shape index (κ2) is 10.4. The van der Waals surface area contributed by atoms with Crippen molar-refractivity contribution in [3.8, 4) is 0 Å². The number of carbonyl (C=O) groups excluding carboxylic acids is 4. The van der Waals surface area contributed by atoms with Gasteiger partial charge in [-0.15, -0.1) is 0 Å². The number of ether oxygens (including phenoxy) is 1. The van der Waals surface area contributed by atoms with E-state index in [1.807, 2.05) is 37.3 Å². The first-order valence-electron chi connectivity index (χ1n) is 11.1. The van der Waals surface area contributed by atoms with E-state index in [1.165, 1.54) is 36.4 Å². The molecular formula is C27H23FN2O5. The summed E-state index contributed by atoms with van der Waals surface area (Å²) in [5.74, 6) is -2.37. The molecule has 35 heavy (non-hydrogen) atoms. The molecule has 0 aliphatic carbocycles. The molecule has 1 fully saturated rings. The van der Waals surface area contributed by atoms with Crippen molar-refractivity contribution in [1.29, 1.82) is 0 Å². The van der Waals surface area contributed by atoms with E-state index in [4.69, 9.17) is 4.74 Å². The van der Waals surface area contributed by atoms with E-state index in [2.05, 4.69) is 5.32 Å². The van der Waals surface area contributed by atoms with Crippen molar-refractivity contribution >= 4 is 29.3 Å². The van der Waals surface area contributed by atoms with E-state index < -0.39 is 30.2 Å². The van der Waals surface area contributed by atoms with Gasteiger partial charge in [-0.2, -0.15) is 0 Å². The quantitative estimate of drug-likeness (QED) is 0.303. The summed E-state index contributed by atoms with van der Waals surface area (Å²) >= 11 is 0. The Bertz CT molecular complexity index is 1240. The van der Waals surface area contributed by atoms with Gasteiger partial charge in [0.05, 0.1) is 23.7 Å². The van der Waals surface area contributed by atoms with Gasteiger partial charge in [0.25, 0.3) is 5.91 Å². The highest BCUT2D eigenvalue weighted by molar-refractivity contribution is 6.22. The predicted octanol–water partition coefficient (Wildman–Crippen LogP) is 3.85. The Hall–Kier alpha value is -4.17. The first-order chi connectivity index (χ1) is 16.8. The van der Waals surface area contributed by atoms with Crippen LogP contribution in [0.5, 0.6) is 0 Å². The van der Waals surface area contributed by atoms with Crippen LogP contribution in [0.3, 0.4) is 0 Å².